The second kappa shape index (κ2) is 6.08. The first-order chi connectivity index (χ1) is 9.10. The molecule has 0 amide bonds. The zero-order chi connectivity index (χ0) is 13.8. The Morgan fingerprint density at radius 1 is 1.32 bits per heavy atom. The zero-order valence-corrected chi connectivity index (χ0v) is 11.4. The molecule has 0 aliphatic carbocycles. The molecule has 0 fully saturated rings. The van der Waals surface area contributed by atoms with E-state index in [4.69, 9.17) is 17.3 Å². The first kappa shape index (κ1) is 13.9. The maximum atomic E-state index is 13.1. The molecule has 1 unspecified atom stereocenters. The Morgan fingerprint density at radius 3 is 2.58 bits per heavy atom. The van der Waals surface area contributed by atoms with Gasteiger partial charge in [-0.3, -0.25) is 0 Å². The normalized spacial score (nSPS) is 12.4. The fourth-order valence-electron chi connectivity index (χ4n) is 1.69. The topological polar surface area (TPSA) is 51.8 Å². The van der Waals surface area contributed by atoms with E-state index in [0.717, 1.165) is 18.4 Å². The van der Waals surface area contributed by atoms with Gasteiger partial charge in [-0.25, -0.2) is 14.4 Å². The van der Waals surface area contributed by atoms with E-state index in [9.17, 15) is 4.39 Å². The van der Waals surface area contributed by atoms with Crippen LogP contribution in [0.5, 0.6) is 0 Å². The number of hydrogen-bond donors (Lipinski definition) is 1. The van der Waals surface area contributed by atoms with Gasteiger partial charge in [-0.2, -0.15) is 0 Å². The van der Waals surface area contributed by atoms with Crippen LogP contribution in [-0.2, 0) is 6.42 Å². The molecule has 100 valence electrons. The standard InChI is InChI=1S/C14H15ClFN3/c1-2-11(17)5-9-7-18-14(19-8-9)10-3-4-13(16)12(15)6-10/h3-4,6-8,11H,2,5,17H2,1H3. The summed E-state index contributed by atoms with van der Waals surface area (Å²) in [6.45, 7) is 2.04. The lowest BCUT2D eigenvalue weighted by molar-refractivity contribution is 0.628. The summed E-state index contributed by atoms with van der Waals surface area (Å²) in [7, 11) is 0. The van der Waals surface area contributed by atoms with Crippen molar-refractivity contribution in [1.82, 2.24) is 9.97 Å². The molecule has 2 N–H and O–H groups in total. The monoisotopic (exact) mass is 279 g/mol. The van der Waals surface area contributed by atoms with Crippen LogP contribution in [0, 0.1) is 5.82 Å². The smallest absolute Gasteiger partial charge is 0.159 e. The Balaban J connectivity index is 2.20. The van der Waals surface area contributed by atoms with Crippen LogP contribution in [0.4, 0.5) is 4.39 Å². The molecule has 0 saturated heterocycles. The third-order valence-electron chi connectivity index (χ3n) is 2.91. The Morgan fingerprint density at radius 2 is 2.00 bits per heavy atom. The van der Waals surface area contributed by atoms with Gasteiger partial charge in [0.25, 0.3) is 0 Å². The fraction of sp³-hybridized carbons (Fsp3) is 0.286. The van der Waals surface area contributed by atoms with Crippen molar-refractivity contribution in [2.24, 2.45) is 5.73 Å². The van der Waals surface area contributed by atoms with Crippen molar-refractivity contribution >= 4 is 11.6 Å². The van der Waals surface area contributed by atoms with Crippen LogP contribution in [0.3, 0.4) is 0 Å². The molecule has 0 aliphatic rings. The highest BCUT2D eigenvalue weighted by Gasteiger charge is 2.07. The minimum Gasteiger partial charge on any atom is -0.327 e. The molecule has 0 spiro atoms. The number of halogens is 2. The average Bonchev–Trinajstić information content (AvgIpc) is 2.42. The molecule has 0 saturated carbocycles. The summed E-state index contributed by atoms with van der Waals surface area (Å²) >= 11 is 5.74. The quantitative estimate of drug-likeness (QED) is 0.935. The Labute approximate surface area is 116 Å². The molecule has 0 radical (unpaired) electrons. The van der Waals surface area contributed by atoms with Crippen LogP contribution >= 0.6 is 11.6 Å². The Kier molecular flexibility index (Phi) is 4.45. The molecular weight excluding hydrogens is 265 g/mol. The average molecular weight is 280 g/mol. The van der Waals surface area contributed by atoms with Gasteiger partial charge in [0.05, 0.1) is 5.02 Å². The summed E-state index contributed by atoms with van der Waals surface area (Å²) in [6.07, 6.45) is 5.15. The highest BCUT2D eigenvalue weighted by atomic mass is 35.5. The van der Waals surface area contributed by atoms with Crippen LogP contribution in [0.25, 0.3) is 11.4 Å². The zero-order valence-electron chi connectivity index (χ0n) is 10.6. The summed E-state index contributed by atoms with van der Waals surface area (Å²) < 4.78 is 13.1. The summed E-state index contributed by atoms with van der Waals surface area (Å²) in [5, 5.41) is 0.0678. The molecule has 3 nitrogen and oxygen atoms in total. The third kappa shape index (κ3) is 3.49. The van der Waals surface area contributed by atoms with Gasteiger partial charge in [-0.1, -0.05) is 18.5 Å². The van der Waals surface area contributed by atoms with Gasteiger partial charge in [0, 0.05) is 24.0 Å². The first-order valence-electron chi connectivity index (χ1n) is 6.12. The van der Waals surface area contributed by atoms with E-state index in [0.29, 0.717) is 11.4 Å². The number of benzene rings is 1. The van der Waals surface area contributed by atoms with Crippen molar-refractivity contribution in [2.45, 2.75) is 25.8 Å². The van der Waals surface area contributed by atoms with Gasteiger partial charge in [0.15, 0.2) is 5.82 Å². The van der Waals surface area contributed by atoms with E-state index in [-0.39, 0.29) is 11.1 Å². The van der Waals surface area contributed by atoms with E-state index in [1.165, 1.54) is 12.1 Å². The van der Waals surface area contributed by atoms with Crippen molar-refractivity contribution < 1.29 is 4.39 Å². The highest BCUT2D eigenvalue weighted by Crippen LogP contribution is 2.22. The van der Waals surface area contributed by atoms with Crippen LogP contribution in [0.15, 0.2) is 30.6 Å². The number of hydrogen-bond acceptors (Lipinski definition) is 3. The molecule has 0 bridgehead atoms. The van der Waals surface area contributed by atoms with Crippen LogP contribution in [0.1, 0.15) is 18.9 Å². The summed E-state index contributed by atoms with van der Waals surface area (Å²) in [6, 6.07) is 4.55. The first-order valence-corrected chi connectivity index (χ1v) is 6.50. The summed E-state index contributed by atoms with van der Waals surface area (Å²) in [5.74, 6) is 0.0756. The van der Waals surface area contributed by atoms with Gasteiger partial charge in [0.1, 0.15) is 5.82 Å². The lowest BCUT2D eigenvalue weighted by Crippen LogP contribution is -2.21. The lowest BCUT2D eigenvalue weighted by atomic mass is 10.1. The van der Waals surface area contributed by atoms with Crippen LogP contribution < -0.4 is 5.73 Å². The second-order valence-electron chi connectivity index (χ2n) is 4.42. The number of nitrogens with two attached hydrogens (primary N) is 1. The highest BCUT2D eigenvalue weighted by molar-refractivity contribution is 6.31. The predicted molar refractivity (Wildman–Crippen MR) is 74.4 cm³/mol. The molecule has 1 atom stereocenters. The summed E-state index contributed by atoms with van der Waals surface area (Å²) in [4.78, 5) is 8.52. The summed E-state index contributed by atoms with van der Waals surface area (Å²) in [5.41, 5.74) is 7.56. The molecule has 1 aromatic carbocycles. The van der Waals surface area contributed by atoms with Crippen molar-refractivity contribution in [1.29, 1.82) is 0 Å². The molecule has 5 heteroatoms. The van der Waals surface area contributed by atoms with Crippen LogP contribution in [-0.4, -0.2) is 16.0 Å². The molecule has 0 aliphatic heterocycles. The molecule has 2 rings (SSSR count). The van der Waals surface area contributed by atoms with E-state index in [1.54, 1.807) is 18.5 Å². The van der Waals surface area contributed by atoms with Gasteiger partial charge in [0.2, 0.25) is 0 Å². The molecule has 1 aromatic heterocycles. The Hall–Kier alpha value is -1.52. The SMILES string of the molecule is CCC(N)Cc1cnc(-c2ccc(F)c(Cl)c2)nc1. The largest absolute Gasteiger partial charge is 0.327 e. The third-order valence-corrected chi connectivity index (χ3v) is 3.20. The molecule has 2 aromatic rings. The minimum atomic E-state index is -0.448. The molecular formula is C14H15ClFN3. The maximum absolute atomic E-state index is 13.1. The van der Waals surface area contributed by atoms with Gasteiger partial charge < -0.3 is 5.73 Å². The second-order valence-corrected chi connectivity index (χ2v) is 4.82. The van der Waals surface area contributed by atoms with Crippen molar-refractivity contribution in [3.05, 3.63) is 47.0 Å². The van der Waals surface area contributed by atoms with Crippen LogP contribution in [0.2, 0.25) is 5.02 Å². The Bertz CT molecular complexity index is 557. The number of nitrogens with zero attached hydrogens (tertiary/aromatic N) is 2. The number of rotatable bonds is 4. The van der Waals surface area contributed by atoms with Crippen molar-refractivity contribution in [3.8, 4) is 11.4 Å². The van der Waals surface area contributed by atoms with Gasteiger partial charge in [-0.15, -0.1) is 0 Å². The molecule has 1 heterocycles. The van der Waals surface area contributed by atoms with Crippen molar-refractivity contribution in [3.63, 3.8) is 0 Å². The van der Waals surface area contributed by atoms with E-state index in [1.807, 2.05) is 6.92 Å². The lowest BCUT2D eigenvalue weighted by Gasteiger charge is -2.08. The van der Waals surface area contributed by atoms with E-state index >= 15 is 0 Å². The minimum absolute atomic E-state index is 0.0678. The van der Waals surface area contributed by atoms with Crippen molar-refractivity contribution in [2.75, 3.05) is 0 Å². The fourth-order valence-corrected chi connectivity index (χ4v) is 1.87. The number of aromatic nitrogens is 2. The predicted octanol–water partition coefficient (Wildman–Crippen LogP) is 3.22. The van der Waals surface area contributed by atoms with E-state index in [2.05, 4.69) is 9.97 Å². The van der Waals surface area contributed by atoms with Gasteiger partial charge in [-0.05, 0) is 36.6 Å². The molecule has 19 heavy (non-hydrogen) atoms. The van der Waals surface area contributed by atoms with Gasteiger partial charge >= 0.3 is 0 Å². The maximum Gasteiger partial charge on any atom is 0.159 e. The van der Waals surface area contributed by atoms with E-state index < -0.39 is 5.82 Å².